The molecule has 1 aromatic carbocycles. The maximum atomic E-state index is 13.0. The summed E-state index contributed by atoms with van der Waals surface area (Å²) in [5, 5.41) is 7.12. The van der Waals surface area contributed by atoms with E-state index in [4.69, 9.17) is 9.90 Å². The second-order valence-corrected chi connectivity index (χ2v) is 9.14. The lowest BCUT2D eigenvalue weighted by Gasteiger charge is -2.46. The maximum Gasteiger partial charge on any atom is 0.490 e. The van der Waals surface area contributed by atoms with Crippen LogP contribution in [0.4, 0.5) is 17.6 Å². The standard InChI is InChI=1S/C21H31FN2O.C2HF3O2/c1-23(2)20(25)15-17-7-9-21(10-8-17)11-13-24(14-12-21)16-18-3-5-19(22)6-4-18;3-2(4,5)1(6)7/h3-6,17H,7-16H2,1-2H3;(H,6,7). The topological polar surface area (TPSA) is 60.9 Å². The molecule has 0 aromatic heterocycles. The van der Waals surface area contributed by atoms with Gasteiger partial charge in [-0.1, -0.05) is 12.1 Å². The van der Waals surface area contributed by atoms with Crippen molar-refractivity contribution >= 4 is 11.9 Å². The fraction of sp³-hybridized carbons (Fsp3) is 0.652. The first-order valence-electron chi connectivity index (χ1n) is 10.9. The van der Waals surface area contributed by atoms with Crippen molar-refractivity contribution < 1.29 is 32.3 Å². The van der Waals surface area contributed by atoms with E-state index in [1.807, 2.05) is 26.2 Å². The van der Waals surface area contributed by atoms with Crippen LogP contribution in [0.2, 0.25) is 0 Å². The Labute approximate surface area is 186 Å². The van der Waals surface area contributed by atoms with Gasteiger partial charge in [0.05, 0.1) is 0 Å². The minimum atomic E-state index is -5.08. The highest BCUT2D eigenvalue weighted by molar-refractivity contribution is 5.75. The number of nitrogens with zero attached hydrogens (tertiary/aromatic N) is 2. The predicted octanol–water partition coefficient (Wildman–Crippen LogP) is 4.71. The molecule has 1 aliphatic carbocycles. The number of amides is 1. The third-order valence-electron chi connectivity index (χ3n) is 6.61. The third-order valence-corrected chi connectivity index (χ3v) is 6.61. The van der Waals surface area contributed by atoms with Gasteiger partial charge in [-0.15, -0.1) is 0 Å². The van der Waals surface area contributed by atoms with Crippen molar-refractivity contribution in [2.24, 2.45) is 11.3 Å². The number of carbonyl (C=O) groups excluding carboxylic acids is 1. The van der Waals surface area contributed by atoms with Gasteiger partial charge in [0.1, 0.15) is 5.82 Å². The van der Waals surface area contributed by atoms with Crippen LogP contribution in [0.25, 0.3) is 0 Å². The van der Waals surface area contributed by atoms with Gasteiger partial charge in [0.2, 0.25) is 5.91 Å². The quantitative estimate of drug-likeness (QED) is 0.662. The summed E-state index contributed by atoms with van der Waals surface area (Å²) in [6, 6.07) is 6.90. The van der Waals surface area contributed by atoms with Crippen LogP contribution in [0.15, 0.2) is 24.3 Å². The lowest BCUT2D eigenvalue weighted by atomic mass is 9.65. The lowest BCUT2D eigenvalue weighted by molar-refractivity contribution is -0.192. The molecule has 1 amide bonds. The van der Waals surface area contributed by atoms with E-state index in [0.717, 1.165) is 26.1 Å². The van der Waals surface area contributed by atoms with Gasteiger partial charge < -0.3 is 10.0 Å². The molecule has 180 valence electrons. The molecule has 1 spiro atoms. The highest BCUT2D eigenvalue weighted by atomic mass is 19.4. The van der Waals surface area contributed by atoms with Crippen LogP contribution in [-0.2, 0) is 16.1 Å². The number of carboxylic acids is 1. The summed E-state index contributed by atoms with van der Waals surface area (Å²) in [7, 11) is 3.70. The van der Waals surface area contributed by atoms with Crippen LogP contribution in [0.5, 0.6) is 0 Å². The van der Waals surface area contributed by atoms with Crippen molar-refractivity contribution in [2.75, 3.05) is 27.2 Å². The zero-order valence-corrected chi connectivity index (χ0v) is 18.6. The van der Waals surface area contributed by atoms with Gasteiger partial charge in [-0.2, -0.15) is 13.2 Å². The average molecular weight is 461 g/mol. The van der Waals surface area contributed by atoms with Gasteiger partial charge in [0.15, 0.2) is 0 Å². The summed E-state index contributed by atoms with van der Waals surface area (Å²) in [5.74, 6) is -2.06. The number of aliphatic carboxylic acids is 1. The molecule has 1 saturated carbocycles. The molecule has 1 N–H and O–H groups in total. The summed E-state index contributed by atoms with van der Waals surface area (Å²) < 4.78 is 44.8. The summed E-state index contributed by atoms with van der Waals surface area (Å²) in [5.41, 5.74) is 1.71. The van der Waals surface area contributed by atoms with Gasteiger partial charge in [0.25, 0.3) is 0 Å². The Bertz CT molecular complexity index is 748. The number of likely N-dealkylation sites (tertiary alicyclic amines) is 1. The number of rotatable bonds is 4. The van der Waals surface area contributed by atoms with E-state index in [0.29, 0.717) is 11.3 Å². The SMILES string of the molecule is CN(C)C(=O)CC1CCC2(CC1)CCN(Cc1ccc(F)cc1)CC2.O=C(O)C(F)(F)F. The Morgan fingerprint density at radius 1 is 1.06 bits per heavy atom. The second-order valence-electron chi connectivity index (χ2n) is 9.14. The van der Waals surface area contributed by atoms with Gasteiger partial charge >= 0.3 is 12.1 Å². The Balaban J connectivity index is 0.000000451. The first-order chi connectivity index (χ1) is 14.9. The molecule has 0 atom stereocenters. The zero-order valence-electron chi connectivity index (χ0n) is 18.6. The molecule has 1 aliphatic heterocycles. The van der Waals surface area contributed by atoms with Crippen molar-refractivity contribution in [1.29, 1.82) is 0 Å². The lowest BCUT2D eigenvalue weighted by Crippen LogP contribution is -2.41. The number of piperidine rings is 1. The molecule has 32 heavy (non-hydrogen) atoms. The van der Waals surface area contributed by atoms with Gasteiger partial charge in [0, 0.05) is 27.1 Å². The van der Waals surface area contributed by atoms with Crippen LogP contribution in [0.3, 0.4) is 0 Å². The molecular weight excluding hydrogens is 428 g/mol. The number of hydrogen-bond acceptors (Lipinski definition) is 3. The molecular formula is C23H32F4N2O3. The molecule has 1 aromatic rings. The Morgan fingerprint density at radius 3 is 2.00 bits per heavy atom. The second kappa shape index (κ2) is 11.1. The van der Waals surface area contributed by atoms with Crippen LogP contribution < -0.4 is 0 Å². The minimum absolute atomic E-state index is 0.161. The number of hydrogen-bond donors (Lipinski definition) is 1. The van der Waals surface area contributed by atoms with Crippen LogP contribution in [-0.4, -0.2) is 60.1 Å². The van der Waals surface area contributed by atoms with E-state index < -0.39 is 12.1 Å². The molecule has 5 nitrogen and oxygen atoms in total. The number of halogens is 4. The molecule has 0 unspecified atom stereocenters. The molecule has 3 rings (SSSR count). The number of carbonyl (C=O) groups is 2. The van der Waals surface area contributed by atoms with Gasteiger partial charge in [-0.25, -0.2) is 9.18 Å². The van der Waals surface area contributed by atoms with E-state index in [-0.39, 0.29) is 11.7 Å². The predicted molar refractivity (Wildman–Crippen MR) is 112 cm³/mol. The first kappa shape index (κ1) is 26.1. The maximum absolute atomic E-state index is 13.0. The largest absolute Gasteiger partial charge is 0.490 e. The monoisotopic (exact) mass is 460 g/mol. The van der Waals surface area contributed by atoms with E-state index >= 15 is 0 Å². The van der Waals surface area contributed by atoms with Crippen molar-refractivity contribution in [3.8, 4) is 0 Å². The Morgan fingerprint density at radius 2 is 1.56 bits per heavy atom. The zero-order chi connectivity index (χ0) is 23.9. The Kier molecular flexibility index (Phi) is 9.07. The normalized spacial score (nSPS) is 19.2. The highest BCUT2D eigenvalue weighted by Crippen LogP contribution is 2.47. The molecule has 1 saturated heterocycles. The molecule has 2 fully saturated rings. The third kappa shape index (κ3) is 8.07. The van der Waals surface area contributed by atoms with E-state index in [2.05, 4.69) is 4.90 Å². The van der Waals surface area contributed by atoms with Gasteiger partial charge in [-0.05, 0) is 80.6 Å². The molecule has 0 bridgehead atoms. The summed E-state index contributed by atoms with van der Waals surface area (Å²) in [6.07, 6.45) is 3.14. The number of alkyl halides is 3. The van der Waals surface area contributed by atoms with Crippen molar-refractivity contribution in [2.45, 2.75) is 57.7 Å². The Hall–Kier alpha value is -2.16. The van der Waals surface area contributed by atoms with Crippen molar-refractivity contribution in [1.82, 2.24) is 9.80 Å². The smallest absolute Gasteiger partial charge is 0.475 e. The first-order valence-corrected chi connectivity index (χ1v) is 10.9. The summed E-state index contributed by atoms with van der Waals surface area (Å²) in [4.78, 5) is 25.0. The number of benzene rings is 1. The molecule has 0 radical (unpaired) electrons. The van der Waals surface area contributed by atoms with E-state index in [9.17, 15) is 22.4 Å². The van der Waals surface area contributed by atoms with Crippen LogP contribution in [0, 0.1) is 17.2 Å². The van der Waals surface area contributed by atoms with Crippen LogP contribution in [0.1, 0.15) is 50.5 Å². The summed E-state index contributed by atoms with van der Waals surface area (Å²) in [6.45, 7) is 3.20. The molecule has 1 heterocycles. The molecule has 9 heteroatoms. The summed E-state index contributed by atoms with van der Waals surface area (Å²) >= 11 is 0. The highest BCUT2D eigenvalue weighted by Gasteiger charge is 2.39. The van der Waals surface area contributed by atoms with E-state index in [1.165, 1.54) is 44.1 Å². The fourth-order valence-electron chi connectivity index (χ4n) is 4.46. The van der Waals surface area contributed by atoms with Crippen molar-refractivity contribution in [3.05, 3.63) is 35.6 Å². The average Bonchev–Trinajstić information content (AvgIpc) is 2.73. The van der Waals surface area contributed by atoms with E-state index in [1.54, 1.807) is 17.0 Å². The minimum Gasteiger partial charge on any atom is -0.475 e. The van der Waals surface area contributed by atoms with Gasteiger partial charge in [-0.3, -0.25) is 9.69 Å². The fourth-order valence-corrected chi connectivity index (χ4v) is 4.46. The van der Waals surface area contributed by atoms with Crippen molar-refractivity contribution in [3.63, 3.8) is 0 Å². The number of carboxylic acid groups (broad SMARTS) is 1. The molecule has 2 aliphatic rings. The van der Waals surface area contributed by atoms with Crippen LogP contribution >= 0.6 is 0 Å².